The van der Waals surface area contributed by atoms with Gasteiger partial charge < -0.3 is 20.1 Å². The van der Waals surface area contributed by atoms with E-state index in [2.05, 4.69) is 5.32 Å². The lowest BCUT2D eigenvalue weighted by molar-refractivity contribution is -0.139. The lowest BCUT2D eigenvalue weighted by atomic mass is 9.98. The Morgan fingerprint density at radius 1 is 1.07 bits per heavy atom. The summed E-state index contributed by atoms with van der Waals surface area (Å²) < 4.78 is 5.05. The molecule has 0 aliphatic rings. The van der Waals surface area contributed by atoms with Crippen LogP contribution in [0.2, 0.25) is 0 Å². The summed E-state index contributed by atoms with van der Waals surface area (Å²) in [7, 11) is 3.10. The van der Waals surface area contributed by atoms with Gasteiger partial charge in [0.05, 0.1) is 18.6 Å². The zero-order valence-electron chi connectivity index (χ0n) is 16.1. The van der Waals surface area contributed by atoms with Gasteiger partial charge in [0, 0.05) is 31.0 Å². The van der Waals surface area contributed by atoms with Crippen molar-refractivity contribution in [3.8, 4) is 0 Å². The van der Waals surface area contributed by atoms with E-state index in [4.69, 9.17) is 9.84 Å². The molecule has 7 heteroatoms. The first-order valence-corrected chi connectivity index (χ1v) is 8.72. The zero-order chi connectivity index (χ0) is 20.7. The number of nitrogens with zero attached hydrogens (tertiary/aromatic N) is 1. The van der Waals surface area contributed by atoms with Crippen LogP contribution in [0.3, 0.4) is 0 Å². The number of benzene rings is 2. The lowest BCUT2D eigenvalue weighted by Crippen LogP contribution is -2.50. The SMILES string of the molecule is COCC(C)(CC(=O)O)NC(=O)c1cccc(C(=O)N(C)c2ccccc2)c1. The van der Waals surface area contributed by atoms with Crippen molar-refractivity contribution in [3.05, 3.63) is 65.7 Å². The average molecular weight is 384 g/mol. The van der Waals surface area contributed by atoms with E-state index in [1.165, 1.54) is 18.1 Å². The first-order chi connectivity index (χ1) is 13.3. The molecule has 0 aliphatic heterocycles. The second-order valence-electron chi connectivity index (χ2n) is 6.80. The van der Waals surface area contributed by atoms with Crippen molar-refractivity contribution in [1.29, 1.82) is 0 Å². The van der Waals surface area contributed by atoms with E-state index >= 15 is 0 Å². The quantitative estimate of drug-likeness (QED) is 0.729. The van der Waals surface area contributed by atoms with E-state index < -0.39 is 17.4 Å². The number of anilines is 1. The fourth-order valence-electron chi connectivity index (χ4n) is 2.89. The van der Waals surface area contributed by atoms with Crippen LogP contribution in [0.25, 0.3) is 0 Å². The number of hydrogen-bond acceptors (Lipinski definition) is 4. The molecule has 148 valence electrons. The molecule has 28 heavy (non-hydrogen) atoms. The molecule has 0 aliphatic carbocycles. The number of aliphatic carboxylic acids is 1. The maximum Gasteiger partial charge on any atom is 0.305 e. The molecule has 7 nitrogen and oxygen atoms in total. The fourth-order valence-corrected chi connectivity index (χ4v) is 2.89. The molecule has 0 heterocycles. The smallest absolute Gasteiger partial charge is 0.305 e. The van der Waals surface area contributed by atoms with Crippen molar-refractivity contribution in [2.45, 2.75) is 18.9 Å². The normalized spacial score (nSPS) is 12.7. The predicted octanol–water partition coefficient (Wildman–Crippen LogP) is 2.57. The molecule has 0 bridgehead atoms. The number of nitrogens with one attached hydrogen (secondary N) is 1. The Morgan fingerprint density at radius 3 is 2.32 bits per heavy atom. The number of carbonyl (C=O) groups is 3. The van der Waals surface area contributed by atoms with Crippen molar-refractivity contribution >= 4 is 23.5 Å². The van der Waals surface area contributed by atoms with Gasteiger partial charge >= 0.3 is 5.97 Å². The Bertz CT molecular complexity index is 853. The van der Waals surface area contributed by atoms with Crippen LogP contribution in [0.5, 0.6) is 0 Å². The van der Waals surface area contributed by atoms with Crippen LogP contribution in [0.15, 0.2) is 54.6 Å². The molecule has 2 amide bonds. The van der Waals surface area contributed by atoms with Gasteiger partial charge in [0.25, 0.3) is 11.8 Å². The third-order valence-electron chi connectivity index (χ3n) is 4.24. The topological polar surface area (TPSA) is 95.9 Å². The number of methoxy groups -OCH3 is 1. The van der Waals surface area contributed by atoms with Gasteiger partial charge in [-0.2, -0.15) is 0 Å². The highest BCUT2D eigenvalue weighted by atomic mass is 16.5. The largest absolute Gasteiger partial charge is 0.481 e. The fraction of sp³-hybridized carbons (Fsp3) is 0.286. The highest BCUT2D eigenvalue weighted by Gasteiger charge is 2.30. The van der Waals surface area contributed by atoms with Crippen molar-refractivity contribution in [2.75, 3.05) is 25.7 Å². The number of carboxylic acid groups (broad SMARTS) is 1. The second-order valence-corrected chi connectivity index (χ2v) is 6.80. The molecule has 2 aromatic rings. The van der Waals surface area contributed by atoms with Gasteiger partial charge in [-0.25, -0.2) is 0 Å². The lowest BCUT2D eigenvalue weighted by Gasteiger charge is -2.28. The van der Waals surface area contributed by atoms with Gasteiger partial charge in [-0.1, -0.05) is 24.3 Å². The minimum absolute atomic E-state index is 0.0421. The highest BCUT2D eigenvalue weighted by molar-refractivity contribution is 6.07. The minimum Gasteiger partial charge on any atom is -0.481 e. The van der Waals surface area contributed by atoms with E-state index in [0.29, 0.717) is 5.56 Å². The number of ether oxygens (including phenoxy) is 1. The van der Waals surface area contributed by atoms with Crippen LogP contribution in [0, 0.1) is 0 Å². The number of rotatable bonds is 8. The van der Waals surface area contributed by atoms with E-state index in [1.54, 1.807) is 32.2 Å². The third-order valence-corrected chi connectivity index (χ3v) is 4.24. The molecule has 0 aromatic heterocycles. The third kappa shape index (κ3) is 5.40. The summed E-state index contributed by atoms with van der Waals surface area (Å²) in [6, 6.07) is 15.5. The summed E-state index contributed by atoms with van der Waals surface area (Å²) in [5.74, 6) is -1.78. The van der Waals surface area contributed by atoms with Crippen molar-refractivity contribution < 1.29 is 24.2 Å². The molecule has 0 radical (unpaired) electrons. The van der Waals surface area contributed by atoms with Gasteiger partial charge in [-0.3, -0.25) is 14.4 Å². The summed E-state index contributed by atoms with van der Waals surface area (Å²) >= 11 is 0. The molecule has 1 unspecified atom stereocenters. The molecule has 1 atom stereocenters. The van der Waals surface area contributed by atoms with E-state index in [9.17, 15) is 14.4 Å². The molecular formula is C21H24N2O5. The van der Waals surface area contributed by atoms with Gasteiger partial charge in [0.1, 0.15) is 0 Å². The van der Waals surface area contributed by atoms with Crippen LogP contribution in [0.1, 0.15) is 34.1 Å². The van der Waals surface area contributed by atoms with Crippen molar-refractivity contribution in [3.63, 3.8) is 0 Å². The maximum atomic E-state index is 12.7. The first kappa shape index (κ1) is 21.1. The molecular weight excluding hydrogens is 360 g/mol. The summed E-state index contributed by atoms with van der Waals surface area (Å²) in [4.78, 5) is 38.0. The van der Waals surface area contributed by atoms with E-state index in [-0.39, 0.29) is 24.5 Å². The number of para-hydroxylation sites is 1. The van der Waals surface area contributed by atoms with E-state index in [1.807, 2.05) is 30.3 Å². The number of hydrogen-bond donors (Lipinski definition) is 2. The zero-order valence-corrected chi connectivity index (χ0v) is 16.1. The molecule has 2 rings (SSSR count). The standard InChI is InChI=1S/C21H24N2O5/c1-21(14-28-3,13-18(24)25)22-19(26)15-8-7-9-16(12-15)20(27)23(2)17-10-5-4-6-11-17/h4-12H,13-14H2,1-3H3,(H,22,26)(H,24,25). The van der Waals surface area contributed by atoms with Crippen LogP contribution in [-0.4, -0.2) is 49.2 Å². The number of amides is 2. The summed E-state index contributed by atoms with van der Waals surface area (Å²) in [5.41, 5.74) is 0.278. The number of carboxylic acids is 1. The summed E-state index contributed by atoms with van der Waals surface area (Å²) in [5, 5.41) is 11.8. The molecule has 0 fully saturated rings. The van der Waals surface area contributed by atoms with E-state index in [0.717, 1.165) is 5.69 Å². The van der Waals surface area contributed by atoms with Crippen LogP contribution >= 0.6 is 0 Å². The van der Waals surface area contributed by atoms with Crippen molar-refractivity contribution in [1.82, 2.24) is 5.32 Å². The minimum atomic E-state index is -1.07. The molecule has 0 saturated carbocycles. The Morgan fingerprint density at radius 2 is 1.71 bits per heavy atom. The Labute approximate surface area is 163 Å². The average Bonchev–Trinajstić information content (AvgIpc) is 2.67. The molecule has 0 saturated heterocycles. The Balaban J connectivity index is 2.20. The van der Waals surface area contributed by atoms with Crippen LogP contribution in [0.4, 0.5) is 5.69 Å². The Kier molecular flexibility index (Phi) is 6.89. The predicted molar refractivity (Wildman–Crippen MR) is 106 cm³/mol. The summed E-state index contributed by atoms with van der Waals surface area (Å²) in [6.07, 6.45) is -0.290. The molecule has 2 N–H and O–H groups in total. The summed E-state index contributed by atoms with van der Waals surface area (Å²) in [6.45, 7) is 1.64. The second kappa shape index (κ2) is 9.14. The highest BCUT2D eigenvalue weighted by Crippen LogP contribution is 2.17. The van der Waals surface area contributed by atoms with Gasteiger partial charge in [0.15, 0.2) is 0 Å². The molecule has 2 aromatic carbocycles. The van der Waals surface area contributed by atoms with Gasteiger partial charge in [-0.15, -0.1) is 0 Å². The van der Waals surface area contributed by atoms with Gasteiger partial charge in [-0.05, 0) is 37.3 Å². The first-order valence-electron chi connectivity index (χ1n) is 8.72. The van der Waals surface area contributed by atoms with Crippen molar-refractivity contribution in [2.24, 2.45) is 0 Å². The van der Waals surface area contributed by atoms with Crippen LogP contribution < -0.4 is 10.2 Å². The Hall–Kier alpha value is -3.19. The van der Waals surface area contributed by atoms with Crippen LogP contribution in [-0.2, 0) is 9.53 Å². The van der Waals surface area contributed by atoms with Gasteiger partial charge in [0.2, 0.25) is 0 Å². The molecule has 0 spiro atoms. The number of carbonyl (C=O) groups excluding carboxylic acids is 2. The maximum absolute atomic E-state index is 12.7. The monoisotopic (exact) mass is 384 g/mol.